The summed E-state index contributed by atoms with van der Waals surface area (Å²) in [4.78, 5) is 9.27. The van der Waals surface area contributed by atoms with E-state index in [1.807, 2.05) is 24.3 Å². The van der Waals surface area contributed by atoms with Crippen LogP contribution >= 0.6 is 48.0 Å². The van der Waals surface area contributed by atoms with Gasteiger partial charge in [-0.15, -0.1) is 24.8 Å². The lowest BCUT2D eigenvalue weighted by Gasteiger charge is -2.19. The quantitative estimate of drug-likeness (QED) is 0.502. The third-order valence-corrected chi connectivity index (χ3v) is 4.68. The number of imidazole rings is 1. The Bertz CT molecular complexity index is 982. The number of H-pyrrole nitrogens is 1. The Labute approximate surface area is 172 Å². The van der Waals surface area contributed by atoms with Gasteiger partial charge in [-0.25, -0.2) is 4.98 Å². The summed E-state index contributed by atoms with van der Waals surface area (Å²) < 4.78 is 0. The lowest BCUT2D eigenvalue weighted by atomic mass is 10.2. The summed E-state index contributed by atoms with van der Waals surface area (Å²) in [7, 11) is 0. The second-order valence-electron chi connectivity index (χ2n) is 5.46. The van der Waals surface area contributed by atoms with Crippen molar-refractivity contribution in [3.05, 3.63) is 64.1 Å². The molecule has 136 valence electrons. The van der Waals surface area contributed by atoms with Crippen LogP contribution in [0.4, 0.5) is 5.69 Å². The highest BCUT2D eigenvalue weighted by atomic mass is 35.5. The van der Waals surface area contributed by atoms with Crippen LogP contribution in [-0.4, -0.2) is 27.5 Å². The first kappa shape index (κ1) is 20.4. The van der Waals surface area contributed by atoms with Gasteiger partial charge in [0.15, 0.2) is 0 Å². The molecule has 0 amide bonds. The summed E-state index contributed by atoms with van der Waals surface area (Å²) in [6.07, 6.45) is 0. The van der Waals surface area contributed by atoms with Crippen molar-refractivity contribution in [2.45, 2.75) is 0 Å². The Morgan fingerprint density at radius 1 is 1.08 bits per heavy atom. The first-order valence-electron chi connectivity index (χ1n) is 7.23. The third kappa shape index (κ3) is 3.35. The summed E-state index contributed by atoms with van der Waals surface area (Å²) >= 11 is 12.0. The second-order valence-corrected chi connectivity index (χ2v) is 6.27. The molecule has 0 aliphatic carbocycles. The molecule has 3 aromatic rings. The lowest BCUT2D eigenvalue weighted by Crippen LogP contribution is -2.26. The minimum atomic E-state index is 0. The summed E-state index contributed by atoms with van der Waals surface area (Å²) in [5, 5.41) is 19.7. The van der Waals surface area contributed by atoms with E-state index in [1.54, 1.807) is 23.1 Å². The van der Waals surface area contributed by atoms with Gasteiger partial charge < -0.3 is 15.0 Å². The van der Waals surface area contributed by atoms with Crippen LogP contribution in [0.1, 0.15) is 5.82 Å². The number of hydrogen-bond donors (Lipinski definition) is 3. The van der Waals surface area contributed by atoms with Gasteiger partial charge in [-0.3, -0.25) is 5.41 Å². The largest absolute Gasteiger partial charge is 0.509 e. The SMILES string of the molecule is Cl.Cl.N=C1C(c2nc3ccccc3[nH]2)=C(O)CN1c1ccc(Cl)c(Cl)c1. The highest BCUT2D eigenvalue weighted by Crippen LogP contribution is 2.33. The van der Waals surface area contributed by atoms with Gasteiger partial charge in [0.05, 0.1) is 33.2 Å². The van der Waals surface area contributed by atoms with Crippen LogP contribution in [0.3, 0.4) is 0 Å². The number of rotatable bonds is 2. The maximum atomic E-state index is 10.4. The Morgan fingerprint density at radius 3 is 2.50 bits per heavy atom. The van der Waals surface area contributed by atoms with E-state index in [9.17, 15) is 5.11 Å². The average Bonchev–Trinajstić information content (AvgIpc) is 3.10. The number of fused-ring (bicyclic) bond motifs is 1. The van der Waals surface area contributed by atoms with Crippen LogP contribution in [0.25, 0.3) is 16.6 Å². The number of aliphatic hydroxyl groups is 1. The molecule has 0 unspecified atom stereocenters. The number of anilines is 1. The number of amidine groups is 1. The van der Waals surface area contributed by atoms with E-state index in [2.05, 4.69) is 9.97 Å². The van der Waals surface area contributed by atoms with Crippen LogP contribution in [0, 0.1) is 5.41 Å². The van der Waals surface area contributed by atoms with Gasteiger partial charge in [0.1, 0.15) is 17.4 Å². The number of benzene rings is 2. The molecule has 1 aromatic heterocycles. The highest BCUT2D eigenvalue weighted by molar-refractivity contribution is 6.42. The van der Waals surface area contributed by atoms with Crippen molar-refractivity contribution in [2.75, 3.05) is 11.4 Å². The number of hydrogen-bond acceptors (Lipinski definition) is 3. The van der Waals surface area contributed by atoms with Crippen molar-refractivity contribution >= 4 is 76.1 Å². The molecule has 26 heavy (non-hydrogen) atoms. The minimum Gasteiger partial charge on any atom is -0.509 e. The predicted octanol–water partition coefficient (Wildman–Crippen LogP) is 5.48. The van der Waals surface area contributed by atoms with Gasteiger partial charge in [-0.05, 0) is 30.3 Å². The molecule has 0 atom stereocenters. The molecule has 0 bridgehead atoms. The minimum absolute atomic E-state index is 0. The molecule has 5 nitrogen and oxygen atoms in total. The van der Waals surface area contributed by atoms with Gasteiger partial charge in [-0.2, -0.15) is 0 Å². The molecule has 0 fully saturated rings. The Kier molecular flexibility index (Phi) is 6.09. The lowest BCUT2D eigenvalue weighted by molar-refractivity contribution is 0.411. The van der Waals surface area contributed by atoms with E-state index >= 15 is 0 Å². The van der Waals surface area contributed by atoms with E-state index in [0.29, 0.717) is 27.1 Å². The van der Waals surface area contributed by atoms with Crippen LogP contribution < -0.4 is 4.90 Å². The molecule has 0 spiro atoms. The molecule has 0 saturated carbocycles. The molecule has 9 heteroatoms. The number of halogens is 4. The molecule has 0 saturated heterocycles. The van der Waals surface area contributed by atoms with Crippen molar-refractivity contribution in [2.24, 2.45) is 0 Å². The van der Waals surface area contributed by atoms with E-state index in [1.165, 1.54) is 0 Å². The number of nitrogens with one attached hydrogen (secondary N) is 2. The van der Waals surface area contributed by atoms with E-state index in [0.717, 1.165) is 11.0 Å². The summed E-state index contributed by atoms with van der Waals surface area (Å²) in [5.41, 5.74) is 2.71. The van der Waals surface area contributed by atoms with Gasteiger partial charge in [0.2, 0.25) is 0 Å². The molecule has 1 aliphatic heterocycles. The van der Waals surface area contributed by atoms with Gasteiger partial charge in [0.25, 0.3) is 0 Å². The topological polar surface area (TPSA) is 76.0 Å². The zero-order chi connectivity index (χ0) is 16.8. The Balaban J connectivity index is 0.00000121. The first-order valence-corrected chi connectivity index (χ1v) is 7.99. The molecular weight excluding hydrogens is 418 g/mol. The fourth-order valence-electron chi connectivity index (χ4n) is 2.77. The highest BCUT2D eigenvalue weighted by Gasteiger charge is 2.31. The van der Waals surface area contributed by atoms with Crippen LogP contribution in [-0.2, 0) is 0 Å². The normalized spacial score (nSPS) is 13.8. The Morgan fingerprint density at radius 2 is 1.81 bits per heavy atom. The van der Waals surface area contributed by atoms with Crippen molar-refractivity contribution in [3.8, 4) is 0 Å². The van der Waals surface area contributed by atoms with Crippen LogP contribution in [0.5, 0.6) is 0 Å². The van der Waals surface area contributed by atoms with E-state index in [-0.39, 0.29) is 43.0 Å². The van der Waals surface area contributed by atoms with E-state index < -0.39 is 0 Å². The number of nitrogens with zero attached hydrogens (tertiary/aromatic N) is 2. The van der Waals surface area contributed by atoms with Crippen LogP contribution in [0.15, 0.2) is 48.2 Å². The summed E-state index contributed by atoms with van der Waals surface area (Å²) in [5.74, 6) is 0.719. The molecular formula is C17H14Cl4N4O. The van der Waals surface area contributed by atoms with Crippen molar-refractivity contribution in [1.29, 1.82) is 5.41 Å². The van der Waals surface area contributed by atoms with E-state index in [4.69, 9.17) is 28.6 Å². The summed E-state index contributed by atoms with van der Waals surface area (Å²) in [6, 6.07) is 12.7. The fourth-order valence-corrected chi connectivity index (χ4v) is 3.07. The van der Waals surface area contributed by atoms with Crippen molar-refractivity contribution < 1.29 is 5.11 Å². The molecule has 4 rings (SSSR count). The maximum Gasteiger partial charge on any atom is 0.145 e. The van der Waals surface area contributed by atoms with Gasteiger partial charge >= 0.3 is 0 Å². The number of aromatic nitrogens is 2. The molecule has 2 heterocycles. The van der Waals surface area contributed by atoms with Crippen LogP contribution in [0.2, 0.25) is 10.0 Å². The molecule has 2 aromatic carbocycles. The van der Waals surface area contributed by atoms with Gasteiger partial charge in [0, 0.05) is 5.69 Å². The molecule has 0 radical (unpaired) electrons. The standard InChI is InChI=1S/C17H12Cl2N4O.2ClH/c18-10-6-5-9(7-11(10)19)23-8-14(24)15(16(23)20)17-21-12-3-1-2-4-13(12)22-17;;/h1-7,20,24H,8H2,(H,21,22);2*1H. The van der Waals surface area contributed by atoms with Gasteiger partial charge in [-0.1, -0.05) is 35.3 Å². The Hall–Kier alpha value is -1.92. The first-order chi connectivity index (χ1) is 11.5. The second kappa shape index (κ2) is 7.76. The van der Waals surface area contributed by atoms with Crippen molar-refractivity contribution in [3.63, 3.8) is 0 Å². The third-order valence-electron chi connectivity index (χ3n) is 3.94. The number of para-hydroxylation sites is 2. The number of aliphatic hydroxyl groups excluding tert-OH is 1. The monoisotopic (exact) mass is 430 g/mol. The predicted molar refractivity (Wildman–Crippen MR) is 112 cm³/mol. The molecule has 3 N–H and O–H groups in total. The van der Waals surface area contributed by atoms with Crippen molar-refractivity contribution in [1.82, 2.24) is 9.97 Å². The summed E-state index contributed by atoms with van der Waals surface area (Å²) in [6.45, 7) is 0.184. The zero-order valence-corrected chi connectivity index (χ0v) is 16.3. The zero-order valence-electron chi connectivity index (χ0n) is 13.2. The number of aromatic amines is 1. The average molecular weight is 432 g/mol. The fraction of sp³-hybridized carbons (Fsp3) is 0.0588. The maximum absolute atomic E-state index is 10.4. The smallest absolute Gasteiger partial charge is 0.145 e. The molecule has 1 aliphatic rings.